The first-order chi connectivity index (χ1) is 13.9. The standard InChI is InChI=1S/C21H27FN4O3/c1-24(20(28)15-26-12-9-19(27)23-21(26)29)13-16-5-4-10-25(14-16)11-8-17-6-2-3-7-18(17)22/h2-3,6-7,9,12,16H,4-5,8,10-11,13-15H2,1H3,(H,23,27,29). The second-order valence-corrected chi connectivity index (χ2v) is 7.66. The van der Waals surface area contributed by atoms with Crippen LogP contribution in [0.1, 0.15) is 18.4 Å². The monoisotopic (exact) mass is 402 g/mol. The zero-order chi connectivity index (χ0) is 20.8. The molecule has 7 nitrogen and oxygen atoms in total. The molecule has 1 unspecified atom stereocenters. The number of likely N-dealkylation sites (tertiary alicyclic amines) is 1. The topological polar surface area (TPSA) is 78.4 Å². The lowest BCUT2D eigenvalue weighted by Gasteiger charge is -2.34. The summed E-state index contributed by atoms with van der Waals surface area (Å²) in [4.78, 5) is 41.5. The Kier molecular flexibility index (Phi) is 6.98. The highest BCUT2D eigenvalue weighted by molar-refractivity contribution is 5.75. The Morgan fingerprint density at radius 2 is 2.07 bits per heavy atom. The quantitative estimate of drug-likeness (QED) is 0.752. The summed E-state index contributed by atoms with van der Waals surface area (Å²) in [5.41, 5.74) is -0.339. The number of carbonyl (C=O) groups excluding carboxylic acids is 1. The molecule has 1 aliphatic rings. The van der Waals surface area contributed by atoms with Crippen LogP contribution in [0.4, 0.5) is 4.39 Å². The Morgan fingerprint density at radius 3 is 2.83 bits per heavy atom. The van der Waals surface area contributed by atoms with Crippen LogP contribution < -0.4 is 11.2 Å². The van der Waals surface area contributed by atoms with Crippen LogP contribution in [0.5, 0.6) is 0 Å². The molecule has 156 valence electrons. The molecular weight excluding hydrogens is 375 g/mol. The molecule has 1 saturated heterocycles. The number of rotatable bonds is 7. The van der Waals surface area contributed by atoms with E-state index in [1.54, 1.807) is 18.0 Å². The molecule has 8 heteroatoms. The zero-order valence-electron chi connectivity index (χ0n) is 16.6. The van der Waals surface area contributed by atoms with Crippen LogP contribution in [-0.2, 0) is 17.8 Å². The summed E-state index contributed by atoms with van der Waals surface area (Å²) < 4.78 is 15.0. The number of benzene rings is 1. The number of likely N-dealkylation sites (N-methyl/N-ethyl adjacent to an activating group) is 1. The third-order valence-electron chi connectivity index (χ3n) is 5.42. The van der Waals surface area contributed by atoms with Gasteiger partial charge in [-0.3, -0.25) is 19.1 Å². The van der Waals surface area contributed by atoms with Crippen molar-refractivity contribution in [1.82, 2.24) is 19.4 Å². The van der Waals surface area contributed by atoms with E-state index in [9.17, 15) is 18.8 Å². The molecule has 29 heavy (non-hydrogen) atoms. The second-order valence-electron chi connectivity index (χ2n) is 7.66. The van der Waals surface area contributed by atoms with E-state index in [1.807, 2.05) is 12.1 Å². The molecule has 1 aliphatic heterocycles. The number of nitrogens with zero attached hydrogens (tertiary/aromatic N) is 3. The average molecular weight is 402 g/mol. The van der Waals surface area contributed by atoms with Gasteiger partial charge in [-0.1, -0.05) is 18.2 Å². The van der Waals surface area contributed by atoms with Gasteiger partial charge < -0.3 is 9.80 Å². The van der Waals surface area contributed by atoms with Crippen LogP contribution >= 0.6 is 0 Å². The van der Waals surface area contributed by atoms with E-state index in [-0.39, 0.29) is 18.3 Å². The molecule has 1 amide bonds. The van der Waals surface area contributed by atoms with E-state index < -0.39 is 11.2 Å². The molecule has 0 aliphatic carbocycles. The van der Waals surface area contributed by atoms with Gasteiger partial charge in [0.2, 0.25) is 5.91 Å². The predicted octanol–water partition coefficient (Wildman–Crippen LogP) is 1.09. The van der Waals surface area contributed by atoms with Gasteiger partial charge in [-0.15, -0.1) is 0 Å². The van der Waals surface area contributed by atoms with Crippen LogP contribution in [0, 0.1) is 11.7 Å². The van der Waals surface area contributed by atoms with E-state index >= 15 is 0 Å². The number of carbonyl (C=O) groups is 1. The largest absolute Gasteiger partial charge is 0.344 e. The fourth-order valence-electron chi connectivity index (χ4n) is 3.81. The molecule has 1 aromatic carbocycles. The van der Waals surface area contributed by atoms with Crippen molar-refractivity contribution in [1.29, 1.82) is 0 Å². The number of piperidine rings is 1. The predicted molar refractivity (Wildman–Crippen MR) is 108 cm³/mol. The van der Waals surface area contributed by atoms with Crippen molar-refractivity contribution >= 4 is 5.91 Å². The summed E-state index contributed by atoms with van der Waals surface area (Å²) >= 11 is 0. The van der Waals surface area contributed by atoms with Crippen molar-refractivity contribution in [2.24, 2.45) is 5.92 Å². The minimum absolute atomic E-state index is 0.101. The lowest BCUT2D eigenvalue weighted by atomic mass is 9.97. The lowest BCUT2D eigenvalue weighted by Crippen LogP contribution is -2.43. The van der Waals surface area contributed by atoms with Gasteiger partial charge >= 0.3 is 5.69 Å². The first kappa shape index (κ1) is 21.0. The van der Waals surface area contributed by atoms with Gasteiger partial charge in [-0.2, -0.15) is 0 Å². The van der Waals surface area contributed by atoms with Crippen molar-refractivity contribution < 1.29 is 9.18 Å². The van der Waals surface area contributed by atoms with Gasteiger partial charge in [0, 0.05) is 38.9 Å². The maximum Gasteiger partial charge on any atom is 0.328 e. The van der Waals surface area contributed by atoms with E-state index in [0.29, 0.717) is 18.9 Å². The maximum absolute atomic E-state index is 13.8. The lowest BCUT2D eigenvalue weighted by molar-refractivity contribution is -0.131. The Bertz CT molecular complexity index is 955. The van der Waals surface area contributed by atoms with Crippen molar-refractivity contribution in [3.63, 3.8) is 0 Å². The molecule has 1 atom stereocenters. The highest BCUT2D eigenvalue weighted by Crippen LogP contribution is 2.18. The molecule has 2 heterocycles. The molecular formula is C21H27FN4O3. The molecule has 0 bridgehead atoms. The third kappa shape index (κ3) is 5.87. The summed E-state index contributed by atoms with van der Waals surface area (Å²) in [5.74, 6) is -0.00265. The van der Waals surface area contributed by atoms with Crippen LogP contribution in [0.25, 0.3) is 0 Å². The summed E-state index contributed by atoms with van der Waals surface area (Å²) in [6.07, 6.45) is 4.08. The number of aromatic amines is 1. The van der Waals surface area contributed by atoms with Crippen LogP contribution in [0.15, 0.2) is 46.1 Å². The average Bonchev–Trinajstić information content (AvgIpc) is 2.69. The van der Waals surface area contributed by atoms with Gasteiger partial charge in [0.15, 0.2) is 0 Å². The first-order valence-electron chi connectivity index (χ1n) is 9.92. The first-order valence-corrected chi connectivity index (χ1v) is 9.92. The smallest absolute Gasteiger partial charge is 0.328 e. The molecule has 0 saturated carbocycles. The summed E-state index contributed by atoms with van der Waals surface area (Å²) in [6.45, 7) is 3.14. The molecule has 1 N–H and O–H groups in total. The Labute approximate surface area is 168 Å². The molecule has 2 aromatic rings. The molecule has 3 rings (SSSR count). The Hall–Kier alpha value is -2.74. The van der Waals surface area contributed by atoms with Crippen LogP contribution in [0.2, 0.25) is 0 Å². The molecule has 1 aromatic heterocycles. The minimum Gasteiger partial charge on any atom is -0.344 e. The van der Waals surface area contributed by atoms with Gasteiger partial charge in [-0.05, 0) is 43.4 Å². The van der Waals surface area contributed by atoms with Crippen molar-refractivity contribution in [2.75, 3.05) is 33.2 Å². The van der Waals surface area contributed by atoms with Crippen molar-refractivity contribution in [3.05, 3.63) is 68.7 Å². The van der Waals surface area contributed by atoms with E-state index in [1.165, 1.54) is 22.9 Å². The fraction of sp³-hybridized carbons (Fsp3) is 0.476. The highest BCUT2D eigenvalue weighted by atomic mass is 19.1. The highest BCUT2D eigenvalue weighted by Gasteiger charge is 2.23. The Balaban J connectivity index is 1.50. The number of hydrogen-bond acceptors (Lipinski definition) is 4. The van der Waals surface area contributed by atoms with Crippen molar-refractivity contribution in [3.8, 4) is 0 Å². The number of aromatic nitrogens is 2. The third-order valence-corrected chi connectivity index (χ3v) is 5.42. The van der Waals surface area contributed by atoms with Gasteiger partial charge in [-0.25, -0.2) is 9.18 Å². The summed E-state index contributed by atoms with van der Waals surface area (Å²) in [7, 11) is 1.73. The summed E-state index contributed by atoms with van der Waals surface area (Å²) in [5, 5.41) is 0. The molecule has 0 spiro atoms. The van der Waals surface area contributed by atoms with Crippen LogP contribution in [-0.4, -0.2) is 58.5 Å². The number of halogens is 1. The normalized spacial score (nSPS) is 17.2. The van der Waals surface area contributed by atoms with E-state index in [0.717, 1.165) is 38.0 Å². The Morgan fingerprint density at radius 1 is 1.28 bits per heavy atom. The second kappa shape index (κ2) is 9.65. The van der Waals surface area contributed by atoms with E-state index in [2.05, 4.69) is 9.88 Å². The van der Waals surface area contributed by atoms with Crippen LogP contribution in [0.3, 0.4) is 0 Å². The molecule has 0 radical (unpaired) electrons. The fourth-order valence-corrected chi connectivity index (χ4v) is 3.81. The van der Waals surface area contributed by atoms with Gasteiger partial charge in [0.1, 0.15) is 12.4 Å². The molecule has 1 fully saturated rings. The number of amides is 1. The number of H-pyrrole nitrogens is 1. The van der Waals surface area contributed by atoms with Gasteiger partial charge in [0.05, 0.1) is 0 Å². The number of nitrogens with one attached hydrogen (secondary N) is 1. The zero-order valence-corrected chi connectivity index (χ0v) is 16.6. The maximum atomic E-state index is 13.8. The van der Waals surface area contributed by atoms with Crippen molar-refractivity contribution in [2.45, 2.75) is 25.8 Å². The number of hydrogen-bond donors (Lipinski definition) is 1. The van der Waals surface area contributed by atoms with Gasteiger partial charge in [0.25, 0.3) is 5.56 Å². The SMILES string of the molecule is CN(CC1CCCN(CCc2ccccc2F)C1)C(=O)Cn1ccc(=O)[nH]c1=O. The van der Waals surface area contributed by atoms with E-state index in [4.69, 9.17) is 0 Å². The minimum atomic E-state index is -0.587. The summed E-state index contributed by atoms with van der Waals surface area (Å²) in [6, 6.07) is 8.09.